The minimum Gasteiger partial charge on any atom is -0.298 e. The van der Waals surface area contributed by atoms with Crippen LogP contribution in [0.5, 0.6) is 0 Å². The molecule has 0 unspecified atom stereocenters. The van der Waals surface area contributed by atoms with Gasteiger partial charge in [-0.3, -0.25) is 15.1 Å². The zero-order valence-electron chi connectivity index (χ0n) is 14.0. The first-order chi connectivity index (χ1) is 13.2. The molecule has 134 valence electrons. The molecule has 0 saturated heterocycles. The molecule has 1 amide bonds. The Labute approximate surface area is 164 Å². The highest BCUT2D eigenvalue weighted by atomic mass is 35.5. The van der Waals surface area contributed by atoms with Crippen LogP contribution in [0, 0.1) is 0 Å². The number of hydrogen-bond donors (Lipinski definition) is 1. The van der Waals surface area contributed by atoms with Crippen LogP contribution in [0.15, 0.2) is 66.3 Å². The highest BCUT2D eigenvalue weighted by Gasteiger charge is 2.18. The Morgan fingerprint density at radius 1 is 1.11 bits per heavy atom. The molecule has 1 aromatic carbocycles. The summed E-state index contributed by atoms with van der Waals surface area (Å²) < 4.78 is 1.59. The molecule has 0 fully saturated rings. The first kappa shape index (κ1) is 17.4. The monoisotopic (exact) mass is 395 g/mol. The van der Waals surface area contributed by atoms with Crippen molar-refractivity contribution in [2.24, 2.45) is 0 Å². The standard InChI is InChI=1S/C19H14ClN5OS/c20-17-14(10-22-25(17)11-13-6-2-1-3-7-13)18(26)24-19-23-16(12-27-19)15-8-4-5-9-21-15/h1-10,12H,11H2,(H,23,24,26). The third-order valence-electron chi connectivity index (χ3n) is 3.85. The van der Waals surface area contributed by atoms with Gasteiger partial charge in [0, 0.05) is 11.6 Å². The van der Waals surface area contributed by atoms with Gasteiger partial charge in [0.25, 0.3) is 5.91 Å². The second kappa shape index (κ2) is 7.69. The highest BCUT2D eigenvalue weighted by molar-refractivity contribution is 7.14. The van der Waals surface area contributed by atoms with E-state index in [0.29, 0.717) is 22.9 Å². The Balaban J connectivity index is 1.48. The molecule has 0 radical (unpaired) electrons. The fourth-order valence-electron chi connectivity index (χ4n) is 2.52. The van der Waals surface area contributed by atoms with Gasteiger partial charge in [-0.05, 0) is 17.7 Å². The maximum atomic E-state index is 12.5. The predicted octanol–water partition coefficient (Wildman–Crippen LogP) is 4.36. The Bertz CT molecular complexity index is 1060. The predicted molar refractivity (Wildman–Crippen MR) is 106 cm³/mol. The molecule has 3 heterocycles. The normalized spacial score (nSPS) is 10.7. The van der Waals surface area contributed by atoms with Crippen LogP contribution >= 0.6 is 22.9 Å². The lowest BCUT2D eigenvalue weighted by molar-refractivity contribution is 0.102. The number of halogens is 1. The number of nitrogens with one attached hydrogen (secondary N) is 1. The van der Waals surface area contributed by atoms with E-state index in [1.54, 1.807) is 10.9 Å². The van der Waals surface area contributed by atoms with Crippen LogP contribution in [0.1, 0.15) is 15.9 Å². The summed E-state index contributed by atoms with van der Waals surface area (Å²) in [5, 5.41) is 9.61. The van der Waals surface area contributed by atoms with Crippen LogP contribution in [-0.2, 0) is 6.54 Å². The van der Waals surface area contributed by atoms with Gasteiger partial charge in [-0.2, -0.15) is 5.10 Å². The minimum atomic E-state index is -0.346. The van der Waals surface area contributed by atoms with E-state index >= 15 is 0 Å². The average Bonchev–Trinajstić information content (AvgIpc) is 3.31. The molecule has 0 aliphatic rings. The number of nitrogens with zero attached hydrogens (tertiary/aromatic N) is 4. The molecule has 6 nitrogen and oxygen atoms in total. The van der Waals surface area contributed by atoms with E-state index < -0.39 is 0 Å². The second-order valence-electron chi connectivity index (χ2n) is 5.70. The van der Waals surface area contributed by atoms with Gasteiger partial charge in [0.05, 0.1) is 24.0 Å². The van der Waals surface area contributed by atoms with Gasteiger partial charge >= 0.3 is 0 Å². The van der Waals surface area contributed by atoms with Crippen molar-refractivity contribution in [3.05, 3.63) is 82.6 Å². The molecule has 4 aromatic rings. The largest absolute Gasteiger partial charge is 0.298 e. The summed E-state index contributed by atoms with van der Waals surface area (Å²) in [4.78, 5) is 21.2. The fraction of sp³-hybridized carbons (Fsp3) is 0.0526. The number of anilines is 1. The average molecular weight is 396 g/mol. The number of benzene rings is 1. The summed E-state index contributed by atoms with van der Waals surface area (Å²) >= 11 is 7.68. The summed E-state index contributed by atoms with van der Waals surface area (Å²) in [7, 11) is 0. The summed E-state index contributed by atoms with van der Waals surface area (Å²) in [6, 6.07) is 15.4. The van der Waals surface area contributed by atoms with Crippen molar-refractivity contribution in [2.75, 3.05) is 5.32 Å². The van der Waals surface area contributed by atoms with E-state index in [-0.39, 0.29) is 11.1 Å². The smallest absolute Gasteiger partial charge is 0.262 e. The van der Waals surface area contributed by atoms with E-state index in [2.05, 4.69) is 20.4 Å². The third kappa shape index (κ3) is 3.89. The van der Waals surface area contributed by atoms with Gasteiger partial charge in [0.1, 0.15) is 10.8 Å². The summed E-state index contributed by atoms with van der Waals surface area (Å²) in [6.45, 7) is 0.494. The first-order valence-electron chi connectivity index (χ1n) is 8.14. The van der Waals surface area contributed by atoms with Crippen molar-refractivity contribution in [2.45, 2.75) is 6.54 Å². The molecule has 4 rings (SSSR count). The number of amides is 1. The first-order valence-corrected chi connectivity index (χ1v) is 9.40. The van der Waals surface area contributed by atoms with Crippen molar-refractivity contribution in [3.63, 3.8) is 0 Å². The quantitative estimate of drug-likeness (QED) is 0.545. The lowest BCUT2D eigenvalue weighted by atomic mass is 10.2. The molecule has 0 bridgehead atoms. The SMILES string of the molecule is O=C(Nc1nc(-c2ccccn2)cs1)c1cnn(Cc2ccccc2)c1Cl. The summed E-state index contributed by atoms with van der Waals surface area (Å²) in [5.74, 6) is -0.346. The zero-order valence-corrected chi connectivity index (χ0v) is 15.6. The van der Waals surface area contributed by atoms with Crippen LogP contribution in [0.2, 0.25) is 5.15 Å². The van der Waals surface area contributed by atoms with Crippen molar-refractivity contribution in [1.29, 1.82) is 0 Å². The molecule has 8 heteroatoms. The summed E-state index contributed by atoms with van der Waals surface area (Å²) in [5.41, 5.74) is 2.82. The topological polar surface area (TPSA) is 72.7 Å². The van der Waals surface area contributed by atoms with Crippen LogP contribution < -0.4 is 5.32 Å². The van der Waals surface area contributed by atoms with Crippen LogP contribution in [0.4, 0.5) is 5.13 Å². The number of thiazole rings is 1. The number of pyridine rings is 1. The molecule has 0 aliphatic carbocycles. The number of rotatable bonds is 5. The fourth-order valence-corrected chi connectivity index (χ4v) is 3.45. The van der Waals surface area contributed by atoms with Gasteiger partial charge in [0.15, 0.2) is 5.13 Å². The highest BCUT2D eigenvalue weighted by Crippen LogP contribution is 2.24. The molecule has 0 atom stereocenters. The van der Waals surface area contributed by atoms with E-state index in [4.69, 9.17) is 11.6 Å². The lowest BCUT2D eigenvalue weighted by Crippen LogP contribution is -2.12. The Kier molecular flexibility index (Phi) is 4.95. The van der Waals surface area contributed by atoms with Crippen molar-refractivity contribution in [3.8, 4) is 11.4 Å². The van der Waals surface area contributed by atoms with Gasteiger partial charge in [-0.1, -0.05) is 48.0 Å². The van der Waals surface area contributed by atoms with Crippen LogP contribution in [-0.4, -0.2) is 25.7 Å². The van der Waals surface area contributed by atoms with Crippen molar-refractivity contribution >= 4 is 34.0 Å². The van der Waals surface area contributed by atoms with E-state index in [1.807, 2.05) is 53.9 Å². The molecule has 0 aliphatic heterocycles. The van der Waals surface area contributed by atoms with E-state index in [9.17, 15) is 4.79 Å². The number of carbonyl (C=O) groups excluding carboxylic acids is 1. The molecule has 3 aromatic heterocycles. The maximum absolute atomic E-state index is 12.5. The molecular formula is C19H14ClN5OS. The number of carbonyl (C=O) groups is 1. The number of hydrogen-bond acceptors (Lipinski definition) is 5. The zero-order chi connectivity index (χ0) is 18.6. The summed E-state index contributed by atoms with van der Waals surface area (Å²) in [6.07, 6.45) is 3.17. The molecule has 0 saturated carbocycles. The number of aromatic nitrogens is 4. The van der Waals surface area contributed by atoms with Crippen molar-refractivity contribution < 1.29 is 4.79 Å². The van der Waals surface area contributed by atoms with E-state index in [0.717, 1.165) is 11.3 Å². The van der Waals surface area contributed by atoms with Crippen LogP contribution in [0.25, 0.3) is 11.4 Å². The minimum absolute atomic E-state index is 0.290. The molecule has 1 N–H and O–H groups in total. The molecular weight excluding hydrogens is 382 g/mol. The van der Waals surface area contributed by atoms with Gasteiger partial charge in [-0.15, -0.1) is 11.3 Å². The Hall–Kier alpha value is -3.03. The maximum Gasteiger partial charge on any atom is 0.262 e. The van der Waals surface area contributed by atoms with E-state index in [1.165, 1.54) is 17.5 Å². The third-order valence-corrected chi connectivity index (χ3v) is 5.00. The van der Waals surface area contributed by atoms with Gasteiger partial charge in [0.2, 0.25) is 0 Å². The van der Waals surface area contributed by atoms with Gasteiger partial charge < -0.3 is 0 Å². The Morgan fingerprint density at radius 2 is 1.93 bits per heavy atom. The molecule has 27 heavy (non-hydrogen) atoms. The molecule has 0 spiro atoms. The Morgan fingerprint density at radius 3 is 2.70 bits per heavy atom. The van der Waals surface area contributed by atoms with Crippen molar-refractivity contribution in [1.82, 2.24) is 19.7 Å². The second-order valence-corrected chi connectivity index (χ2v) is 6.92. The lowest BCUT2D eigenvalue weighted by Gasteiger charge is -2.04. The van der Waals surface area contributed by atoms with Gasteiger partial charge in [-0.25, -0.2) is 9.67 Å². The van der Waals surface area contributed by atoms with Crippen LogP contribution in [0.3, 0.4) is 0 Å².